The van der Waals surface area contributed by atoms with Gasteiger partial charge in [-0.2, -0.15) is 0 Å². The molecular formula is C24H30N4O6. The number of likely N-dealkylation sites (N-methyl/N-ethyl adjacent to an activating group) is 1. The fourth-order valence-corrected chi connectivity index (χ4v) is 3.21. The van der Waals surface area contributed by atoms with E-state index < -0.39 is 48.4 Å². The number of benzene rings is 2. The zero-order chi connectivity index (χ0) is 25.3. The lowest BCUT2D eigenvalue weighted by Gasteiger charge is -2.25. The summed E-state index contributed by atoms with van der Waals surface area (Å²) >= 11 is 0. The van der Waals surface area contributed by atoms with Crippen LogP contribution in [0, 0.1) is 0 Å². The van der Waals surface area contributed by atoms with Gasteiger partial charge in [-0.05, 0) is 36.6 Å². The summed E-state index contributed by atoms with van der Waals surface area (Å²) in [6.07, 6.45) is 0.333. The lowest BCUT2D eigenvalue weighted by atomic mass is 10.0. The number of rotatable bonds is 11. The highest BCUT2D eigenvalue weighted by molar-refractivity contribution is 5.92. The van der Waals surface area contributed by atoms with Crippen molar-refractivity contribution >= 4 is 23.7 Å². The van der Waals surface area contributed by atoms with E-state index in [9.17, 15) is 29.4 Å². The van der Waals surface area contributed by atoms with Crippen molar-refractivity contribution in [3.8, 4) is 5.75 Å². The molecule has 0 bridgehead atoms. The average molecular weight is 471 g/mol. The number of carbonyl (C=O) groups excluding carboxylic acids is 3. The summed E-state index contributed by atoms with van der Waals surface area (Å²) in [6.45, 7) is 1.03. The van der Waals surface area contributed by atoms with E-state index in [1.165, 1.54) is 26.1 Å². The van der Waals surface area contributed by atoms with E-state index in [1.54, 1.807) is 36.4 Å². The van der Waals surface area contributed by atoms with Crippen molar-refractivity contribution in [3.05, 3.63) is 65.7 Å². The predicted molar refractivity (Wildman–Crippen MR) is 125 cm³/mol. The van der Waals surface area contributed by atoms with E-state index >= 15 is 0 Å². The van der Waals surface area contributed by atoms with Crippen LogP contribution in [-0.2, 0) is 32.0 Å². The summed E-state index contributed by atoms with van der Waals surface area (Å²) in [4.78, 5) is 49.9. The molecule has 3 amide bonds. The summed E-state index contributed by atoms with van der Waals surface area (Å²) in [5.41, 5.74) is 7.41. The zero-order valence-corrected chi connectivity index (χ0v) is 19.1. The molecule has 6 N–H and O–H groups in total. The fourth-order valence-electron chi connectivity index (χ4n) is 3.21. The molecule has 0 aromatic heterocycles. The molecule has 0 fully saturated rings. The van der Waals surface area contributed by atoms with Crippen LogP contribution in [0.25, 0.3) is 0 Å². The Morgan fingerprint density at radius 1 is 0.941 bits per heavy atom. The molecule has 0 unspecified atom stereocenters. The van der Waals surface area contributed by atoms with E-state index in [1.807, 2.05) is 6.07 Å². The second-order valence-electron chi connectivity index (χ2n) is 7.97. The van der Waals surface area contributed by atoms with Crippen LogP contribution in [0.5, 0.6) is 5.75 Å². The molecule has 0 saturated carbocycles. The molecule has 2 rings (SSSR count). The Balaban J connectivity index is 1.84. The highest BCUT2D eigenvalue weighted by atomic mass is 16.4. The lowest BCUT2D eigenvalue weighted by molar-refractivity contribution is -0.148. The summed E-state index contributed by atoms with van der Waals surface area (Å²) in [6, 6.07) is 12.2. The van der Waals surface area contributed by atoms with E-state index in [2.05, 4.69) is 10.6 Å². The third kappa shape index (κ3) is 7.89. The van der Waals surface area contributed by atoms with Gasteiger partial charge in [-0.15, -0.1) is 0 Å². The van der Waals surface area contributed by atoms with Gasteiger partial charge >= 0.3 is 5.97 Å². The first-order valence-electron chi connectivity index (χ1n) is 10.7. The Morgan fingerprint density at radius 3 is 2.12 bits per heavy atom. The SMILES string of the molecule is C[C@@H](NC(=O)[C@@H](N)Cc1ccc(O)cc1)C(=O)NCC(=O)N(C)[C@@H](Cc1ccccc1)C(=O)O. The second-order valence-corrected chi connectivity index (χ2v) is 7.97. The smallest absolute Gasteiger partial charge is 0.326 e. The normalized spacial score (nSPS) is 13.3. The van der Waals surface area contributed by atoms with Crippen LogP contribution in [0.3, 0.4) is 0 Å². The summed E-state index contributed by atoms with van der Waals surface area (Å²) < 4.78 is 0. The number of nitrogens with two attached hydrogens (primary N) is 1. The van der Waals surface area contributed by atoms with E-state index in [-0.39, 0.29) is 18.6 Å². The Kier molecular flexibility index (Phi) is 9.57. The lowest BCUT2D eigenvalue weighted by Crippen LogP contribution is -2.53. The molecule has 0 aliphatic carbocycles. The molecule has 182 valence electrons. The molecule has 0 radical (unpaired) electrons. The number of carboxylic acid groups (broad SMARTS) is 1. The van der Waals surface area contributed by atoms with Crippen LogP contribution in [0.2, 0.25) is 0 Å². The van der Waals surface area contributed by atoms with Gasteiger partial charge in [0.25, 0.3) is 0 Å². The van der Waals surface area contributed by atoms with Crippen molar-refractivity contribution in [2.24, 2.45) is 5.73 Å². The van der Waals surface area contributed by atoms with Gasteiger partial charge < -0.3 is 31.5 Å². The van der Waals surface area contributed by atoms with Gasteiger partial charge in [0.05, 0.1) is 12.6 Å². The van der Waals surface area contributed by atoms with Gasteiger partial charge in [-0.25, -0.2) is 4.79 Å². The minimum Gasteiger partial charge on any atom is -0.508 e. The third-order valence-electron chi connectivity index (χ3n) is 5.31. The molecule has 0 aliphatic rings. The number of carbonyl (C=O) groups is 4. The van der Waals surface area contributed by atoms with Crippen molar-refractivity contribution in [2.75, 3.05) is 13.6 Å². The minimum atomic E-state index is -1.16. The fraction of sp³-hybridized carbons (Fsp3) is 0.333. The maximum atomic E-state index is 12.5. The first kappa shape index (κ1) is 26.3. The van der Waals surface area contributed by atoms with Crippen LogP contribution in [0.1, 0.15) is 18.1 Å². The van der Waals surface area contributed by atoms with Crippen LogP contribution in [-0.4, -0.2) is 70.5 Å². The zero-order valence-electron chi connectivity index (χ0n) is 19.1. The monoisotopic (exact) mass is 470 g/mol. The number of carboxylic acids is 1. The van der Waals surface area contributed by atoms with Crippen molar-refractivity contribution < 1.29 is 29.4 Å². The number of aromatic hydroxyl groups is 1. The maximum Gasteiger partial charge on any atom is 0.326 e. The largest absolute Gasteiger partial charge is 0.508 e. The Bertz CT molecular complexity index is 996. The molecule has 10 nitrogen and oxygen atoms in total. The van der Waals surface area contributed by atoms with Crippen LogP contribution in [0.4, 0.5) is 0 Å². The Labute approximate surface area is 197 Å². The first-order chi connectivity index (χ1) is 16.1. The molecule has 0 saturated heterocycles. The Morgan fingerprint density at radius 2 is 1.53 bits per heavy atom. The molecule has 2 aromatic rings. The number of amides is 3. The van der Waals surface area contributed by atoms with E-state index in [0.29, 0.717) is 0 Å². The molecule has 3 atom stereocenters. The number of nitrogens with one attached hydrogen (secondary N) is 2. The number of nitrogens with zero attached hydrogens (tertiary/aromatic N) is 1. The number of phenolic OH excluding ortho intramolecular Hbond substituents is 1. The van der Waals surface area contributed by atoms with Crippen molar-refractivity contribution in [1.82, 2.24) is 15.5 Å². The van der Waals surface area contributed by atoms with Gasteiger partial charge in [0.15, 0.2) is 0 Å². The van der Waals surface area contributed by atoms with Gasteiger partial charge in [0.2, 0.25) is 17.7 Å². The molecule has 2 aromatic carbocycles. The van der Waals surface area contributed by atoms with Crippen molar-refractivity contribution in [1.29, 1.82) is 0 Å². The third-order valence-corrected chi connectivity index (χ3v) is 5.31. The number of phenols is 1. The standard InChI is InChI=1S/C24H30N4O6/c1-15(27-23(32)19(25)12-17-8-10-18(29)11-9-17)22(31)26-14-21(30)28(2)20(24(33)34)13-16-6-4-3-5-7-16/h3-11,15,19-20,29H,12-14,25H2,1-2H3,(H,26,31)(H,27,32)(H,33,34)/t15-,19+,20+/m1/s1. The van der Waals surface area contributed by atoms with Crippen molar-refractivity contribution in [2.45, 2.75) is 37.9 Å². The maximum absolute atomic E-state index is 12.5. The van der Waals surface area contributed by atoms with Gasteiger partial charge in [0, 0.05) is 13.5 Å². The molecule has 0 spiro atoms. The van der Waals surface area contributed by atoms with Crippen LogP contribution in [0.15, 0.2) is 54.6 Å². The summed E-state index contributed by atoms with van der Waals surface area (Å²) in [5, 5.41) is 23.8. The average Bonchev–Trinajstić information content (AvgIpc) is 2.82. The summed E-state index contributed by atoms with van der Waals surface area (Å²) in [7, 11) is 1.36. The quantitative estimate of drug-likeness (QED) is 0.310. The van der Waals surface area contributed by atoms with E-state index in [4.69, 9.17) is 5.73 Å². The number of hydrogen-bond donors (Lipinski definition) is 5. The first-order valence-corrected chi connectivity index (χ1v) is 10.7. The molecule has 34 heavy (non-hydrogen) atoms. The molecular weight excluding hydrogens is 440 g/mol. The Hall–Kier alpha value is -3.92. The van der Waals surface area contributed by atoms with E-state index in [0.717, 1.165) is 16.0 Å². The van der Waals surface area contributed by atoms with Crippen molar-refractivity contribution in [3.63, 3.8) is 0 Å². The highest BCUT2D eigenvalue weighted by Gasteiger charge is 2.27. The number of aliphatic carboxylic acids is 1. The van der Waals surface area contributed by atoms with Crippen LogP contribution < -0.4 is 16.4 Å². The molecule has 0 heterocycles. The van der Waals surface area contributed by atoms with Crippen LogP contribution >= 0.6 is 0 Å². The van der Waals surface area contributed by atoms with Gasteiger partial charge in [0.1, 0.15) is 17.8 Å². The minimum absolute atomic E-state index is 0.0991. The van der Waals surface area contributed by atoms with Gasteiger partial charge in [-0.3, -0.25) is 14.4 Å². The topological polar surface area (TPSA) is 162 Å². The second kappa shape index (κ2) is 12.4. The summed E-state index contributed by atoms with van der Waals surface area (Å²) in [5.74, 6) is -2.80. The molecule has 0 aliphatic heterocycles. The molecule has 10 heteroatoms. The van der Waals surface area contributed by atoms with Gasteiger partial charge in [-0.1, -0.05) is 42.5 Å². The highest BCUT2D eigenvalue weighted by Crippen LogP contribution is 2.11. The predicted octanol–water partition coefficient (Wildman–Crippen LogP) is 0.0372. The number of hydrogen-bond acceptors (Lipinski definition) is 6.